The first kappa shape index (κ1) is 8.11. The largest absolute Gasteiger partial charge is 0.318 e. The van der Waals surface area contributed by atoms with Crippen LogP contribution in [-0.2, 0) is 4.79 Å². The predicted molar refractivity (Wildman–Crippen MR) is 26.5 cm³/mol. The van der Waals surface area contributed by atoms with E-state index in [1.54, 1.807) is 0 Å². The lowest BCUT2D eigenvalue weighted by Gasteiger charge is -2.01. The fourth-order valence-electron chi connectivity index (χ4n) is 0.0758. The van der Waals surface area contributed by atoms with Gasteiger partial charge in [-0.1, -0.05) is 23.2 Å². The van der Waals surface area contributed by atoms with Gasteiger partial charge in [0.25, 0.3) is 0 Å². The molecule has 0 saturated heterocycles. The molecule has 8 heavy (non-hydrogen) atoms. The molecule has 0 radical (unpaired) electrons. The van der Waals surface area contributed by atoms with Crippen LogP contribution in [0.15, 0.2) is 0 Å². The predicted octanol–water partition coefficient (Wildman–Crippen LogP) is 1.63. The molecule has 0 aliphatic carbocycles. The molecule has 0 aromatic rings. The summed E-state index contributed by atoms with van der Waals surface area (Å²) in [4.78, 5) is 9.82. The van der Waals surface area contributed by atoms with Crippen molar-refractivity contribution in [3.05, 3.63) is 0 Å². The van der Waals surface area contributed by atoms with Crippen LogP contribution in [0.2, 0.25) is 0 Å². The van der Waals surface area contributed by atoms with Gasteiger partial charge < -0.3 is 0 Å². The molecule has 0 bridgehead atoms. The van der Waals surface area contributed by atoms with Crippen molar-refractivity contribution in [1.82, 2.24) is 0 Å². The zero-order chi connectivity index (χ0) is 6.78. The summed E-state index contributed by atoms with van der Waals surface area (Å²) in [5.74, 6) is -1.47. The van der Waals surface area contributed by atoms with E-state index in [-0.39, 0.29) is 0 Å². The van der Waals surface area contributed by atoms with Crippen LogP contribution in [0.3, 0.4) is 0 Å². The van der Waals surface area contributed by atoms with Gasteiger partial charge in [-0.2, -0.15) is 4.39 Å². The van der Waals surface area contributed by atoms with E-state index in [9.17, 15) is 13.6 Å². The number of halogens is 4. The lowest BCUT2D eigenvalue weighted by molar-refractivity contribution is -0.123. The van der Waals surface area contributed by atoms with Crippen molar-refractivity contribution >= 4 is 29.0 Å². The van der Waals surface area contributed by atoms with Crippen LogP contribution in [0.1, 0.15) is 0 Å². The summed E-state index contributed by atoms with van der Waals surface area (Å²) >= 11 is 8.99. The first-order valence-corrected chi connectivity index (χ1v) is 2.40. The van der Waals surface area contributed by atoms with Crippen molar-refractivity contribution in [1.29, 1.82) is 0 Å². The highest BCUT2D eigenvalue weighted by Gasteiger charge is 2.32. The number of ketones is 1. The molecular weight excluding hydrogens is 161 g/mol. The van der Waals surface area contributed by atoms with Crippen molar-refractivity contribution in [2.45, 2.75) is 4.59 Å². The molecule has 0 aromatic carbocycles. The van der Waals surface area contributed by atoms with Crippen LogP contribution in [0.4, 0.5) is 8.78 Å². The molecule has 0 aromatic heterocycles. The lowest BCUT2D eigenvalue weighted by atomic mass is 10.5. The van der Waals surface area contributed by atoms with Gasteiger partial charge in [0.1, 0.15) is 0 Å². The maximum atomic E-state index is 11.7. The number of alkyl halides is 4. The molecule has 1 nitrogen and oxygen atoms in total. The van der Waals surface area contributed by atoms with Gasteiger partial charge in [-0.05, 0) is 0 Å². The summed E-state index contributed by atoms with van der Waals surface area (Å²) in [6.45, 7) is -1.48. The van der Waals surface area contributed by atoms with Crippen LogP contribution in [-0.4, -0.2) is 17.0 Å². The molecule has 48 valence electrons. The topological polar surface area (TPSA) is 17.1 Å². The first-order chi connectivity index (χ1) is 3.48. The Balaban J connectivity index is 3.82. The molecule has 0 aliphatic heterocycles. The van der Waals surface area contributed by atoms with E-state index in [1.165, 1.54) is 0 Å². The van der Waals surface area contributed by atoms with Crippen LogP contribution in [0, 0.1) is 0 Å². The van der Waals surface area contributed by atoms with Crippen LogP contribution < -0.4 is 0 Å². The number of carbonyl (C=O) groups is 1. The van der Waals surface area contributed by atoms with E-state index >= 15 is 0 Å². The second kappa shape index (κ2) is 2.60. The molecule has 0 N–H and O–H groups in total. The van der Waals surface area contributed by atoms with E-state index in [0.717, 1.165) is 0 Å². The Bertz CT molecular complexity index is 97.9. The Morgan fingerprint density at radius 1 is 1.62 bits per heavy atom. The second-order valence-corrected chi connectivity index (χ2v) is 2.29. The molecule has 0 heterocycles. The number of Topliss-reactive ketones (excluding diaryl/α,β-unsaturated/α-hetero) is 1. The lowest BCUT2D eigenvalue weighted by Crippen LogP contribution is -2.21. The van der Waals surface area contributed by atoms with Crippen molar-refractivity contribution in [2.75, 3.05) is 6.67 Å². The maximum absolute atomic E-state index is 11.7. The van der Waals surface area contributed by atoms with Crippen molar-refractivity contribution in [2.24, 2.45) is 0 Å². The fraction of sp³-hybridized carbons (Fsp3) is 0.667. The van der Waals surface area contributed by atoms with Gasteiger partial charge in [-0.15, -0.1) is 0 Å². The molecule has 0 fully saturated rings. The molecule has 0 amide bonds. The van der Waals surface area contributed by atoms with Crippen LogP contribution in [0.5, 0.6) is 0 Å². The third-order valence-corrected chi connectivity index (χ3v) is 0.859. The Hall–Kier alpha value is 0.110. The van der Waals surface area contributed by atoms with Crippen LogP contribution in [0.25, 0.3) is 0 Å². The van der Waals surface area contributed by atoms with Crippen molar-refractivity contribution in [3.63, 3.8) is 0 Å². The number of rotatable bonds is 2. The summed E-state index contributed by atoms with van der Waals surface area (Å²) in [6.07, 6.45) is 0. The van der Waals surface area contributed by atoms with Crippen LogP contribution >= 0.6 is 23.2 Å². The average molecular weight is 163 g/mol. The monoisotopic (exact) mass is 162 g/mol. The first-order valence-electron chi connectivity index (χ1n) is 1.64. The van der Waals surface area contributed by atoms with Crippen molar-refractivity contribution in [3.8, 4) is 0 Å². The standard InChI is InChI=1S/C3H2Cl2F2O/c4-3(5,7)2(8)1-6/h1H2. The highest BCUT2D eigenvalue weighted by atomic mass is 35.5. The van der Waals surface area contributed by atoms with Gasteiger partial charge >= 0.3 is 4.59 Å². The van der Waals surface area contributed by atoms with Gasteiger partial charge in [0.15, 0.2) is 6.67 Å². The summed E-state index contributed by atoms with van der Waals surface area (Å²) in [5.41, 5.74) is 0. The molecule has 0 unspecified atom stereocenters. The summed E-state index contributed by atoms with van der Waals surface area (Å²) < 4.78 is 19.8. The highest BCUT2D eigenvalue weighted by molar-refractivity contribution is 6.57. The second-order valence-electron chi connectivity index (χ2n) is 1.05. The Morgan fingerprint density at radius 3 is 2.00 bits per heavy atom. The molecule has 0 aliphatic rings. The van der Waals surface area contributed by atoms with E-state index in [0.29, 0.717) is 0 Å². The quantitative estimate of drug-likeness (QED) is 0.565. The Labute approximate surface area is 54.6 Å². The van der Waals surface area contributed by atoms with E-state index < -0.39 is 17.0 Å². The fourth-order valence-corrected chi connectivity index (χ4v) is 0.177. The molecule has 0 spiro atoms. The Kier molecular flexibility index (Phi) is 2.63. The maximum Gasteiger partial charge on any atom is 0.318 e. The number of hydrogen-bond donors (Lipinski definition) is 0. The number of hydrogen-bond acceptors (Lipinski definition) is 1. The van der Waals surface area contributed by atoms with E-state index in [2.05, 4.69) is 23.2 Å². The molecular formula is C3H2Cl2F2O. The van der Waals surface area contributed by atoms with Gasteiger partial charge in [0.2, 0.25) is 5.78 Å². The zero-order valence-corrected chi connectivity index (χ0v) is 5.14. The minimum atomic E-state index is -3.06. The average Bonchev–Trinajstić information content (AvgIpc) is 1.62. The third-order valence-electron chi connectivity index (χ3n) is 0.438. The summed E-state index contributed by atoms with van der Waals surface area (Å²) in [5, 5.41) is 0. The third kappa shape index (κ3) is 2.43. The van der Waals surface area contributed by atoms with E-state index in [4.69, 9.17) is 0 Å². The molecule has 5 heteroatoms. The Morgan fingerprint density at radius 2 is 2.00 bits per heavy atom. The van der Waals surface area contributed by atoms with Gasteiger partial charge in [0.05, 0.1) is 0 Å². The summed E-state index contributed by atoms with van der Waals surface area (Å²) in [7, 11) is 0. The SMILES string of the molecule is O=C(CF)C(F)(Cl)Cl. The smallest absolute Gasteiger partial charge is 0.290 e. The molecule has 0 atom stereocenters. The molecule has 0 rings (SSSR count). The zero-order valence-electron chi connectivity index (χ0n) is 3.63. The molecule has 0 saturated carbocycles. The normalized spacial score (nSPS) is 11.5. The summed E-state index contributed by atoms with van der Waals surface area (Å²) in [6, 6.07) is 0. The minimum Gasteiger partial charge on any atom is -0.290 e. The highest BCUT2D eigenvalue weighted by Crippen LogP contribution is 2.23. The minimum absolute atomic E-state index is 1.47. The number of carbonyl (C=O) groups excluding carboxylic acids is 1. The van der Waals surface area contributed by atoms with Gasteiger partial charge in [-0.25, -0.2) is 4.39 Å². The van der Waals surface area contributed by atoms with Gasteiger partial charge in [0, 0.05) is 0 Å². The van der Waals surface area contributed by atoms with Crippen molar-refractivity contribution < 1.29 is 13.6 Å². The van der Waals surface area contributed by atoms with E-state index in [1.807, 2.05) is 0 Å². The van der Waals surface area contributed by atoms with Gasteiger partial charge in [-0.3, -0.25) is 4.79 Å².